The van der Waals surface area contributed by atoms with Crippen LogP contribution in [-0.4, -0.2) is 9.67 Å². The van der Waals surface area contributed by atoms with Gasteiger partial charge >= 0.3 is 0 Å². The van der Waals surface area contributed by atoms with E-state index in [1.54, 1.807) is 5.54 Å². The first-order valence-corrected chi connectivity index (χ1v) is 4.22. The largest absolute Gasteiger partial charge is 0.390 e. The van der Waals surface area contributed by atoms with E-state index in [4.69, 9.17) is 16.7 Å². The predicted molar refractivity (Wildman–Crippen MR) is 50.0 cm³/mol. The van der Waals surface area contributed by atoms with Gasteiger partial charge in [0.15, 0.2) is 0 Å². The highest BCUT2D eigenvalue weighted by molar-refractivity contribution is 6.25. The molecule has 0 saturated heterocycles. The maximum absolute atomic E-state index is 8.92. The maximum atomic E-state index is 8.92. The highest BCUT2D eigenvalue weighted by Crippen LogP contribution is 2.06. The molecule has 0 unspecified atom stereocenters. The van der Waals surface area contributed by atoms with E-state index in [0.717, 1.165) is 17.8 Å². The summed E-state index contributed by atoms with van der Waals surface area (Å²) in [5.41, 5.74) is 3.54. The van der Waals surface area contributed by atoms with E-state index in [-0.39, 0.29) is 6.61 Å². The highest BCUT2D eigenvalue weighted by atomic mass is 35.5. The number of aliphatic hydroxyl groups is 1. The van der Waals surface area contributed by atoms with Crippen molar-refractivity contribution in [1.29, 1.82) is 0 Å². The molecular weight excluding hydrogens is 174 g/mol. The van der Waals surface area contributed by atoms with Gasteiger partial charge in [0, 0.05) is 24.0 Å². The van der Waals surface area contributed by atoms with Gasteiger partial charge in [-0.15, -0.1) is 0 Å². The van der Waals surface area contributed by atoms with Gasteiger partial charge in [0.2, 0.25) is 0 Å². The first-order chi connectivity index (χ1) is 5.77. The van der Waals surface area contributed by atoms with Crippen molar-refractivity contribution in [2.75, 3.05) is 0 Å². The molecule has 12 heavy (non-hydrogen) atoms. The topological polar surface area (TPSA) is 25.2 Å². The summed E-state index contributed by atoms with van der Waals surface area (Å²) in [4.78, 5) is 0. The molecule has 0 fully saturated rings. The Morgan fingerprint density at radius 1 is 1.75 bits per heavy atom. The third-order valence-corrected chi connectivity index (χ3v) is 2.06. The van der Waals surface area contributed by atoms with E-state index in [0.29, 0.717) is 0 Å². The summed E-state index contributed by atoms with van der Waals surface area (Å²) < 4.78 is 1.97. The van der Waals surface area contributed by atoms with Gasteiger partial charge in [-0.25, -0.2) is 0 Å². The normalized spacial score (nSPS) is 12.1. The Balaban J connectivity index is 2.74. The zero-order chi connectivity index (χ0) is 8.97. The van der Waals surface area contributed by atoms with Crippen molar-refractivity contribution in [2.45, 2.75) is 20.1 Å². The number of hydrogen-bond acceptors (Lipinski definition) is 1. The average molecular weight is 186 g/mol. The van der Waals surface area contributed by atoms with E-state index in [2.05, 4.69) is 0 Å². The van der Waals surface area contributed by atoms with Gasteiger partial charge in [0.1, 0.15) is 0 Å². The number of allylic oxidation sites excluding steroid dienone is 1. The number of halogens is 1. The zero-order valence-corrected chi connectivity index (χ0v) is 7.75. The van der Waals surface area contributed by atoms with Gasteiger partial charge in [0.05, 0.1) is 6.61 Å². The molecule has 0 aromatic carbocycles. The summed E-state index contributed by atoms with van der Waals surface area (Å²) in [6.07, 6.45) is 1.93. The lowest BCUT2D eigenvalue weighted by Gasteiger charge is -2.06. The van der Waals surface area contributed by atoms with Gasteiger partial charge in [0.25, 0.3) is 0 Å². The summed E-state index contributed by atoms with van der Waals surface area (Å²) in [5.74, 6) is 0. The summed E-state index contributed by atoms with van der Waals surface area (Å²) in [6.45, 7) is 2.77. The van der Waals surface area contributed by atoms with Crippen LogP contribution < -0.4 is 0 Å². The summed E-state index contributed by atoms with van der Waals surface area (Å²) in [5, 5.41) is 8.92. The van der Waals surface area contributed by atoms with Crippen molar-refractivity contribution in [2.24, 2.45) is 0 Å². The average Bonchev–Trinajstić information content (AvgIpc) is 2.51. The zero-order valence-electron chi connectivity index (χ0n) is 7.00. The summed E-state index contributed by atoms with van der Waals surface area (Å²) >= 11 is 5.53. The Morgan fingerprint density at radius 2 is 2.50 bits per heavy atom. The highest BCUT2D eigenvalue weighted by Gasteiger charge is 1.98. The second-order valence-corrected chi connectivity index (χ2v) is 2.96. The number of hydrogen-bond donors (Lipinski definition) is 1. The molecule has 1 aromatic heterocycles. The van der Waals surface area contributed by atoms with Crippen LogP contribution in [0.15, 0.2) is 29.4 Å². The van der Waals surface area contributed by atoms with E-state index < -0.39 is 0 Å². The Labute approximate surface area is 77.1 Å². The number of nitrogens with zero attached hydrogens (tertiary/aromatic N) is 1. The molecule has 0 amide bonds. The van der Waals surface area contributed by atoms with Gasteiger partial charge in [-0.1, -0.05) is 11.6 Å². The minimum Gasteiger partial charge on any atom is -0.390 e. The Kier molecular flexibility index (Phi) is 3.38. The molecule has 66 valence electrons. The van der Waals surface area contributed by atoms with Crippen LogP contribution in [0, 0.1) is 0 Å². The van der Waals surface area contributed by atoms with Crippen LogP contribution in [0.25, 0.3) is 0 Å². The Bertz CT molecular complexity index is 278. The molecule has 1 heterocycles. The first kappa shape index (κ1) is 9.36. The minimum absolute atomic E-state index is 0.0720. The van der Waals surface area contributed by atoms with Crippen molar-refractivity contribution >= 4 is 11.6 Å². The standard InChI is InChI=1S/C9H12ClNO/c1-8(5-10)6-11-4-2-3-9(11)7-12/h2-5,12H,6-7H2,1H3/b8-5-. The van der Waals surface area contributed by atoms with Crippen LogP contribution in [0.2, 0.25) is 0 Å². The molecule has 1 aromatic rings. The molecule has 1 rings (SSSR count). The Hall–Kier alpha value is -0.730. The number of aromatic nitrogens is 1. The molecule has 0 bridgehead atoms. The molecule has 3 heteroatoms. The van der Waals surface area contributed by atoms with E-state index in [1.807, 2.05) is 29.8 Å². The lowest BCUT2D eigenvalue weighted by atomic mass is 10.3. The molecule has 0 spiro atoms. The van der Waals surface area contributed by atoms with Crippen molar-refractivity contribution in [3.63, 3.8) is 0 Å². The van der Waals surface area contributed by atoms with Crippen molar-refractivity contribution in [3.8, 4) is 0 Å². The second kappa shape index (κ2) is 4.33. The number of aliphatic hydroxyl groups excluding tert-OH is 1. The van der Waals surface area contributed by atoms with Crippen LogP contribution in [0.1, 0.15) is 12.6 Å². The molecule has 1 N–H and O–H groups in total. The van der Waals surface area contributed by atoms with Gasteiger partial charge in [-0.3, -0.25) is 0 Å². The first-order valence-electron chi connectivity index (χ1n) is 3.78. The molecule has 0 aliphatic carbocycles. The fraction of sp³-hybridized carbons (Fsp3) is 0.333. The fourth-order valence-electron chi connectivity index (χ4n) is 1.05. The molecular formula is C9H12ClNO. The lowest BCUT2D eigenvalue weighted by molar-refractivity contribution is 0.271. The summed E-state index contributed by atoms with van der Waals surface area (Å²) in [7, 11) is 0. The predicted octanol–water partition coefficient (Wildman–Crippen LogP) is 2.12. The van der Waals surface area contributed by atoms with Crippen molar-refractivity contribution < 1.29 is 5.11 Å². The van der Waals surface area contributed by atoms with Crippen LogP contribution in [0.4, 0.5) is 0 Å². The van der Waals surface area contributed by atoms with Crippen LogP contribution in [0.3, 0.4) is 0 Å². The van der Waals surface area contributed by atoms with E-state index in [1.165, 1.54) is 0 Å². The van der Waals surface area contributed by atoms with Gasteiger partial charge < -0.3 is 9.67 Å². The van der Waals surface area contributed by atoms with Gasteiger partial charge in [-0.05, 0) is 24.6 Å². The van der Waals surface area contributed by atoms with Crippen LogP contribution in [-0.2, 0) is 13.2 Å². The monoisotopic (exact) mass is 185 g/mol. The summed E-state index contributed by atoms with van der Waals surface area (Å²) in [6, 6.07) is 3.80. The van der Waals surface area contributed by atoms with E-state index >= 15 is 0 Å². The molecule has 2 nitrogen and oxygen atoms in total. The number of rotatable bonds is 3. The Morgan fingerprint density at radius 3 is 3.08 bits per heavy atom. The fourth-order valence-corrected chi connectivity index (χ4v) is 1.12. The van der Waals surface area contributed by atoms with Crippen LogP contribution in [0.5, 0.6) is 0 Å². The lowest BCUT2D eigenvalue weighted by Crippen LogP contribution is -2.02. The van der Waals surface area contributed by atoms with Crippen molar-refractivity contribution in [3.05, 3.63) is 35.1 Å². The maximum Gasteiger partial charge on any atom is 0.0832 e. The van der Waals surface area contributed by atoms with Gasteiger partial charge in [-0.2, -0.15) is 0 Å². The molecule has 0 saturated carbocycles. The molecule has 0 radical (unpaired) electrons. The molecule has 0 atom stereocenters. The molecule has 0 aliphatic rings. The SMILES string of the molecule is C/C(=C/Cl)Cn1cccc1CO. The third kappa shape index (κ3) is 2.13. The van der Waals surface area contributed by atoms with Crippen LogP contribution >= 0.6 is 11.6 Å². The second-order valence-electron chi connectivity index (χ2n) is 2.74. The minimum atomic E-state index is 0.0720. The molecule has 0 aliphatic heterocycles. The van der Waals surface area contributed by atoms with Crippen molar-refractivity contribution in [1.82, 2.24) is 4.57 Å². The smallest absolute Gasteiger partial charge is 0.0832 e. The third-order valence-electron chi connectivity index (χ3n) is 1.69. The van der Waals surface area contributed by atoms with E-state index in [9.17, 15) is 0 Å². The quantitative estimate of drug-likeness (QED) is 0.767.